The van der Waals surface area contributed by atoms with Crippen LogP contribution < -0.4 is 5.32 Å². The van der Waals surface area contributed by atoms with Crippen molar-refractivity contribution >= 4 is 0 Å². The minimum Gasteiger partial charge on any atom is -0.372 e. The molecule has 2 unspecified atom stereocenters. The van der Waals surface area contributed by atoms with Gasteiger partial charge < -0.3 is 10.1 Å². The summed E-state index contributed by atoms with van der Waals surface area (Å²) in [5.41, 5.74) is 1.49. The van der Waals surface area contributed by atoms with Gasteiger partial charge in [0.2, 0.25) is 0 Å². The summed E-state index contributed by atoms with van der Waals surface area (Å²) in [6, 6.07) is 11.2. The van der Waals surface area contributed by atoms with Crippen molar-refractivity contribution in [3.63, 3.8) is 0 Å². The predicted molar refractivity (Wildman–Crippen MR) is 80.3 cm³/mol. The topological polar surface area (TPSA) is 21.3 Å². The number of nitrogens with one attached hydrogen (secondary N) is 1. The Kier molecular flexibility index (Phi) is 5.00. The highest BCUT2D eigenvalue weighted by Crippen LogP contribution is 2.32. The molecule has 1 saturated heterocycles. The van der Waals surface area contributed by atoms with Crippen LogP contribution in [0.4, 0.5) is 0 Å². The lowest BCUT2D eigenvalue weighted by Crippen LogP contribution is -2.20. The smallest absolute Gasteiger partial charge is 0.0631 e. The molecule has 1 N–H and O–H groups in total. The van der Waals surface area contributed by atoms with Crippen LogP contribution in [0.2, 0.25) is 0 Å². The van der Waals surface area contributed by atoms with Crippen molar-refractivity contribution in [3.8, 4) is 0 Å². The van der Waals surface area contributed by atoms with Gasteiger partial charge in [-0.05, 0) is 58.6 Å². The molecule has 1 aliphatic heterocycles. The van der Waals surface area contributed by atoms with Crippen molar-refractivity contribution in [1.82, 2.24) is 5.32 Å². The molecular weight excluding hydrogens is 234 g/mol. The number of hydrogen-bond donors (Lipinski definition) is 1. The molecule has 2 heteroatoms. The molecule has 0 saturated carbocycles. The van der Waals surface area contributed by atoms with Gasteiger partial charge in [0.05, 0.1) is 11.7 Å². The van der Waals surface area contributed by atoms with Gasteiger partial charge in [0, 0.05) is 6.04 Å². The highest BCUT2D eigenvalue weighted by molar-refractivity contribution is 5.18. The Labute approximate surface area is 117 Å². The number of hydrogen-bond acceptors (Lipinski definition) is 2. The second-order valence-corrected chi connectivity index (χ2v) is 6.22. The van der Waals surface area contributed by atoms with E-state index in [-0.39, 0.29) is 5.60 Å². The zero-order valence-electron chi connectivity index (χ0n) is 12.5. The molecular formula is C17H27NO. The molecule has 2 rings (SSSR count). The van der Waals surface area contributed by atoms with Gasteiger partial charge in [-0.25, -0.2) is 0 Å². The van der Waals surface area contributed by atoms with Crippen molar-refractivity contribution in [3.05, 3.63) is 35.9 Å². The Bertz CT molecular complexity index is 374. The maximum atomic E-state index is 6.05. The Balaban J connectivity index is 1.75. The van der Waals surface area contributed by atoms with Crippen molar-refractivity contribution in [1.29, 1.82) is 0 Å². The lowest BCUT2D eigenvalue weighted by Gasteiger charge is -2.20. The summed E-state index contributed by atoms with van der Waals surface area (Å²) in [6.45, 7) is 4.40. The average Bonchev–Trinajstić information content (AvgIpc) is 2.75. The van der Waals surface area contributed by atoms with Crippen molar-refractivity contribution in [2.24, 2.45) is 0 Å². The van der Waals surface area contributed by atoms with E-state index in [4.69, 9.17) is 4.74 Å². The summed E-state index contributed by atoms with van der Waals surface area (Å²) in [6.07, 6.45) is 6.49. The summed E-state index contributed by atoms with van der Waals surface area (Å²) in [5.74, 6) is 0. The minimum absolute atomic E-state index is 0.104. The van der Waals surface area contributed by atoms with Crippen LogP contribution in [0.1, 0.15) is 57.6 Å². The molecule has 1 heterocycles. The van der Waals surface area contributed by atoms with E-state index >= 15 is 0 Å². The van der Waals surface area contributed by atoms with Gasteiger partial charge in [-0.2, -0.15) is 0 Å². The van der Waals surface area contributed by atoms with Gasteiger partial charge in [-0.1, -0.05) is 30.3 Å². The van der Waals surface area contributed by atoms with Crippen LogP contribution in [-0.4, -0.2) is 18.8 Å². The van der Waals surface area contributed by atoms with Crippen LogP contribution in [-0.2, 0) is 4.74 Å². The molecule has 1 aromatic rings. The van der Waals surface area contributed by atoms with E-state index in [1.807, 2.05) is 7.05 Å². The summed E-state index contributed by atoms with van der Waals surface area (Å²) >= 11 is 0. The van der Waals surface area contributed by atoms with Gasteiger partial charge in [0.15, 0.2) is 0 Å². The lowest BCUT2D eigenvalue weighted by molar-refractivity contribution is -0.0192. The molecule has 0 spiro atoms. The van der Waals surface area contributed by atoms with Crippen LogP contribution in [0.15, 0.2) is 30.3 Å². The standard InChI is InChI=1S/C17H27NO/c1-17(2)13-12-15(19-17)10-7-11-16(18-3)14-8-5-4-6-9-14/h4-6,8-9,15-16,18H,7,10-13H2,1-3H3. The zero-order chi connectivity index (χ0) is 13.7. The van der Waals surface area contributed by atoms with Crippen molar-refractivity contribution in [2.75, 3.05) is 7.05 Å². The van der Waals surface area contributed by atoms with E-state index in [9.17, 15) is 0 Å². The summed E-state index contributed by atoms with van der Waals surface area (Å²) in [5, 5.41) is 3.42. The molecule has 0 aliphatic carbocycles. The van der Waals surface area contributed by atoms with Gasteiger partial charge in [-0.15, -0.1) is 0 Å². The number of benzene rings is 1. The fourth-order valence-electron chi connectivity index (χ4n) is 2.99. The summed E-state index contributed by atoms with van der Waals surface area (Å²) in [4.78, 5) is 0. The second kappa shape index (κ2) is 6.53. The van der Waals surface area contributed by atoms with E-state index in [1.54, 1.807) is 0 Å². The van der Waals surface area contributed by atoms with E-state index < -0.39 is 0 Å². The van der Waals surface area contributed by atoms with Gasteiger partial charge in [-0.3, -0.25) is 0 Å². The molecule has 0 radical (unpaired) electrons. The quantitative estimate of drug-likeness (QED) is 0.833. The molecule has 0 aromatic heterocycles. The highest BCUT2D eigenvalue weighted by Gasteiger charge is 2.31. The van der Waals surface area contributed by atoms with Crippen molar-refractivity contribution in [2.45, 2.75) is 63.7 Å². The van der Waals surface area contributed by atoms with Crippen LogP contribution in [0.5, 0.6) is 0 Å². The van der Waals surface area contributed by atoms with Gasteiger partial charge >= 0.3 is 0 Å². The first-order chi connectivity index (χ1) is 9.11. The SMILES string of the molecule is CNC(CCCC1CCC(C)(C)O1)c1ccccc1. The molecule has 1 aromatic carbocycles. The Morgan fingerprint density at radius 1 is 1.32 bits per heavy atom. The molecule has 0 amide bonds. The van der Waals surface area contributed by atoms with Crippen LogP contribution in [0, 0.1) is 0 Å². The third kappa shape index (κ3) is 4.32. The van der Waals surface area contributed by atoms with Gasteiger partial charge in [0.25, 0.3) is 0 Å². The summed E-state index contributed by atoms with van der Waals surface area (Å²) < 4.78 is 6.05. The molecule has 1 fully saturated rings. The first kappa shape index (κ1) is 14.5. The molecule has 2 atom stereocenters. The molecule has 1 aliphatic rings. The molecule has 0 bridgehead atoms. The highest BCUT2D eigenvalue weighted by atomic mass is 16.5. The summed E-state index contributed by atoms with van der Waals surface area (Å²) in [7, 11) is 2.05. The van der Waals surface area contributed by atoms with E-state index in [0.717, 1.165) is 0 Å². The largest absolute Gasteiger partial charge is 0.372 e. The normalized spacial score (nSPS) is 23.4. The first-order valence-corrected chi connectivity index (χ1v) is 7.51. The third-order valence-electron chi connectivity index (χ3n) is 4.12. The zero-order valence-corrected chi connectivity index (χ0v) is 12.5. The van der Waals surface area contributed by atoms with E-state index in [2.05, 4.69) is 49.5 Å². The maximum Gasteiger partial charge on any atom is 0.0631 e. The van der Waals surface area contributed by atoms with Gasteiger partial charge in [0.1, 0.15) is 0 Å². The molecule has 2 nitrogen and oxygen atoms in total. The Hall–Kier alpha value is -0.860. The van der Waals surface area contributed by atoms with Crippen LogP contribution in [0.3, 0.4) is 0 Å². The Morgan fingerprint density at radius 3 is 2.63 bits per heavy atom. The van der Waals surface area contributed by atoms with Crippen LogP contribution in [0.25, 0.3) is 0 Å². The fraction of sp³-hybridized carbons (Fsp3) is 0.647. The van der Waals surface area contributed by atoms with Crippen LogP contribution >= 0.6 is 0 Å². The monoisotopic (exact) mass is 261 g/mol. The van der Waals surface area contributed by atoms with E-state index in [1.165, 1.54) is 37.7 Å². The minimum atomic E-state index is 0.104. The maximum absolute atomic E-state index is 6.05. The predicted octanol–water partition coefficient (Wildman–Crippen LogP) is 4.08. The fourth-order valence-corrected chi connectivity index (χ4v) is 2.99. The molecule has 19 heavy (non-hydrogen) atoms. The number of rotatable bonds is 6. The van der Waals surface area contributed by atoms with E-state index in [0.29, 0.717) is 12.1 Å². The second-order valence-electron chi connectivity index (χ2n) is 6.22. The Morgan fingerprint density at radius 2 is 2.05 bits per heavy atom. The lowest BCUT2D eigenvalue weighted by atomic mass is 9.99. The molecule has 106 valence electrons. The van der Waals surface area contributed by atoms with Crippen molar-refractivity contribution < 1.29 is 4.74 Å². The first-order valence-electron chi connectivity index (χ1n) is 7.51. The number of ether oxygens (including phenoxy) is 1. The third-order valence-corrected chi connectivity index (χ3v) is 4.12. The average molecular weight is 261 g/mol.